The lowest BCUT2D eigenvalue weighted by Gasteiger charge is -2.13. The zero-order valence-corrected chi connectivity index (χ0v) is 12.4. The van der Waals surface area contributed by atoms with Crippen molar-refractivity contribution in [1.82, 2.24) is 4.98 Å². The van der Waals surface area contributed by atoms with Gasteiger partial charge in [-0.1, -0.05) is 62.4 Å². The Labute approximate surface area is 121 Å². The molecule has 1 aromatic heterocycles. The number of nitrogen functional groups attached to an aromatic ring is 1. The van der Waals surface area contributed by atoms with Gasteiger partial charge in [-0.15, -0.1) is 0 Å². The van der Waals surface area contributed by atoms with Crippen LogP contribution in [0.3, 0.4) is 0 Å². The van der Waals surface area contributed by atoms with Crippen molar-refractivity contribution in [1.29, 1.82) is 0 Å². The minimum atomic E-state index is 0.409. The molecular weight excluding hydrogens is 244 g/mol. The normalized spacial score (nSPS) is 12.5. The molecule has 0 amide bonds. The molecule has 0 atom stereocenters. The van der Waals surface area contributed by atoms with E-state index < -0.39 is 0 Å². The number of aromatic amines is 1. The second-order valence-corrected chi connectivity index (χ2v) is 5.16. The van der Waals surface area contributed by atoms with E-state index in [1.165, 1.54) is 11.1 Å². The van der Waals surface area contributed by atoms with Crippen LogP contribution in [0.5, 0.6) is 0 Å². The van der Waals surface area contributed by atoms with Gasteiger partial charge in [0.2, 0.25) is 0 Å². The number of hydrogen-bond donors (Lipinski definition) is 2. The Bertz CT molecular complexity index is 616. The Morgan fingerprint density at radius 2 is 1.90 bits per heavy atom. The summed E-state index contributed by atoms with van der Waals surface area (Å²) in [5, 5.41) is 0. The van der Waals surface area contributed by atoms with Crippen LogP contribution in [0.25, 0.3) is 16.7 Å². The van der Waals surface area contributed by atoms with E-state index in [1.807, 2.05) is 37.4 Å². The first-order valence-corrected chi connectivity index (χ1v) is 7.00. The summed E-state index contributed by atoms with van der Waals surface area (Å²) in [5.74, 6) is 1.14. The molecule has 1 aromatic carbocycles. The zero-order chi connectivity index (χ0) is 14.5. The van der Waals surface area contributed by atoms with E-state index in [4.69, 9.17) is 5.73 Å². The number of aromatic nitrogens is 1. The van der Waals surface area contributed by atoms with Crippen molar-refractivity contribution in [3.05, 3.63) is 60.3 Å². The topological polar surface area (TPSA) is 41.8 Å². The van der Waals surface area contributed by atoms with Gasteiger partial charge < -0.3 is 10.7 Å². The summed E-state index contributed by atoms with van der Waals surface area (Å²) < 4.78 is 0. The van der Waals surface area contributed by atoms with Crippen LogP contribution in [-0.4, -0.2) is 4.98 Å². The molecule has 0 unspecified atom stereocenters. The van der Waals surface area contributed by atoms with E-state index in [2.05, 4.69) is 43.1 Å². The molecule has 0 saturated heterocycles. The molecule has 0 spiro atoms. The predicted molar refractivity (Wildman–Crippen MR) is 88.3 cm³/mol. The molecule has 0 radical (unpaired) electrons. The fourth-order valence-electron chi connectivity index (χ4n) is 2.36. The van der Waals surface area contributed by atoms with E-state index in [-0.39, 0.29) is 0 Å². The highest BCUT2D eigenvalue weighted by atomic mass is 14.8. The van der Waals surface area contributed by atoms with Crippen LogP contribution in [0, 0.1) is 5.92 Å². The summed E-state index contributed by atoms with van der Waals surface area (Å²) in [7, 11) is 0. The second-order valence-electron chi connectivity index (χ2n) is 5.16. The van der Waals surface area contributed by atoms with Crippen molar-refractivity contribution < 1.29 is 0 Å². The fraction of sp³-hybridized carbons (Fsp3) is 0.222. The summed E-state index contributed by atoms with van der Waals surface area (Å²) in [4.78, 5) is 3.16. The lowest BCUT2D eigenvalue weighted by atomic mass is 9.91. The molecule has 0 aliphatic rings. The molecule has 0 aliphatic heterocycles. The number of nitrogens with two attached hydrogens (primary N) is 1. The molecule has 2 heteroatoms. The minimum Gasteiger partial charge on any atom is -0.385 e. The monoisotopic (exact) mass is 266 g/mol. The summed E-state index contributed by atoms with van der Waals surface area (Å²) >= 11 is 0. The molecule has 0 bridgehead atoms. The van der Waals surface area contributed by atoms with Gasteiger partial charge in [0, 0.05) is 17.3 Å². The smallest absolute Gasteiger partial charge is 0.108 e. The van der Waals surface area contributed by atoms with Crippen LogP contribution in [0.2, 0.25) is 0 Å². The molecule has 2 rings (SSSR count). The number of nitrogens with one attached hydrogen (secondary N) is 1. The van der Waals surface area contributed by atoms with Crippen molar-refractivity contribution in [3.63, 3.8) is 0 Å². The zero-order valence-electron chi connectivity index (χ0n) is 12.4. The van der Waals surface area contributed by atoms with Crippen molar-refractivity contribution in [2.45, 2.75) is 20.8 Å². The van der Waals surface area contributed by atoms with Crippen molar-refractivity contribution in [2.24, 2.45) is 5.92 Å². The maximum absolute atomic E-state index is 6.17. The quantitative estimate of drug-likeness (QED) is 0.761. The third-order valence-electron chi connectivity index (χ3n) is 3.37. The highest BCUT2D eigenvalue weighted by Crippen LogP contribution is 2.36. The molecule has 0 aliphatic carbocycles. The standard InChI is InChI=1S/C18H22N2/c1-4-5-11-15(13(2)3)17-16(12-20-18(17)19)14-9-7-6-8-10-14/h4-13,20H,19H2,1-3H3/b5-4-,15-11-. The van der Waals surface area contributed by atoms with Gasteiger partial charge >= 0.3 is 0 Å². The maximum Gasteiger partial charge on any atom is 0.108 e. The van der Waals surface area contributed by atoms with Gasteiger partial charge in [0.1, 0.15) is 5.82 Å². The highest BCUT2D eigenvalue weighted by Gasteiger charge is 2.16. The van der Waals surface area contributed by atoms with Gasteiger partial charge in [0.25, 0.3) is 0 Å². The van der Waals surface area contributed by atoms with Crippen LogP contribution in [-0.2, 0) is 0 Å². The van der Waals surface area contributed by atoms with Gasteiger partial charge in [-0.3, -0.25) is 0 Å². The second kappa shape index (κ2) is 6.29. The van der Waals surface area contributed by atoms with Crippen molar-refractivity contribution in [2.75, 3.05) is 5.73 Å². The van der Waals surface area contributed by atoms with Crippen LogP contribution in [0.15, 0.2) is 54.8 Å². The molecule has 1 heterocycles. The molecular formula is C18H22N2. The fourth-order valence-corrected chi connectivity index (χ4v) is 2.36. The molecule has 2 aromatic rings. The van der Waals surface area contributed by atoms with Crippen molar-refractivity contribution >= 4 is 11.4 Å². The largest absolute Gasteiger partial charge is 0.385 e. The van der Waals surface area contributed by atoms with Crippen LogP contribution in [0.1, 0.15) is 26.3 Å². The van der Waals surface area contributed by atoms with Gasteiger partial charge in [0.05, 0.1) is 0 Å². The van der Waals surface area contributed by atoms with Gasteiger partial charge in [-0.2, -0.15) is 0 Å². The SMILES string of the molecule is C/C=C\C=C(/c1c(-c2ccccc2)c[nH]c1N)C(C)C. The van der Waals surface area contributed by atoms with Crippen LogP contribution < -0.4 is 5.73 Å². The Morgan fingerprint density at radius 1 is 1.20 bits per heavy atom. The maximum atomic E-state index is 6.17. The van der Waals surface area contributed by atoms with E-state index in [0.29, 0.717) is 5.92 Å². The molecule has 3 N–H and O–H groups in total. The molecule has 104 valence electrons. The lowest BCUT2D eigenvalue weighted by molar-refractivity contribution is 0.856. The first-order valence-electron chi connectivity index (χ1n) is 7.00. The summed E-state index contributed by atoms with van der Waals surface area (Å²) in [5.41, 5.74) is 10.9. The third kappa shape index (κ3) is 2.85. The number of rotatable bonds is 4. The first kappa shape index (κ1) is 14.2. The number of benzene rings is 1. The van der Waals surface area contributed by atoms with Gasteiger partial charge in [-0.25, -0.2) is 0 Å². The minimum absolute atomic E-state index is 0.409. The summed E-state index contributed by atoms with van der Waals surface area (Å²) in [6, 6.07) is 10.3. The van der Waals surface area contributed by atoms with Crippen LogP contribution >= 0.6 is 0 Å². The van der Waals surface area contributed by atoms with E-state index >= 15 is 0 Å². The molecule has 0 fully saturated rings. The number of H-pyrrole nitrogens is 1. The molecule has 2 nitrogen and oxygen atoms in total. The summed E-state index contributed by atoms with van der Waals surface area (Å²) in [6.07, 6.45) is 8.24. The lowest BCUT2D eigenvalue weighted by Crippen LogP contribution is -1.98. The number of anilines is 1. The Balaban J connectivity index is 2.59. The van der Waals surface area contributed by atoms with E-state index in [0.717, 1.165) is 16.9 Å². The van der Waals surface area contributed by atoms with Crippen LogP contribution in [0.4, 0.5) is 5.82 Å². The highest BCUT2D eigenvalue weighted by molar-refractivity contribution is 5.88. The Morgan fingerprint density at radius 3 is 2.50 bits per heavy atom. The van der Waals surface area contributed by atoms with Gasteiger partial charge in [-0.05, 0) is 24.0 Å². The average molecular weight is 266 g/mol. The summed E-state index contributed by atoms with van der Waals surface area (Å²) in [6.45, 7) is 6.40. The predicted octanol–water partition coefficient (Wildman–Crippen LogP) is 4.88. The number of allylic oxidation sites excluding steroid dienone is 4. The third-order valence-corrected chi connectivity index (χ3v) is 3.37. The average Bonchev–Trinajstić information content (AvgIpc) is 2.82. The van der Waals surface area contributed by atoms with E-state index in [1.54, 1.807) is 0 Å². The first-order chi connectivity index (χ1) is 9.65. The molecule has 20 heavy (non-hydrogen) atoms. The molecule has 0 saturated carbocycles. The van der Waals surface area contributed by atoms with E-state index in [9.17, 15) is 0 Å². The van der Waals surface area contributed by atoms with Crippen molar-refractivity contribution in [3.8, 4) is 11.1 Å². The Kier molecular flexibility index (Phi) is 4.46. The number of hydrogen-bond acceptors (Lipinski definition) is 1. The van der Waals surface area contributed by atoms with Gasteiger partial charge in [0.15, 0.2) is 0 Å². The Hall–Kier alpha value is -2.22.